The Kier molecular flexibility index (Phi) is 6.57. The SMILES string of the molecule is CCNC(=NCC(C)(O)c1ccco1)N1CCN(C(C)C(F)(F)F)CC1. The van der Waals surface area contributed by atoms with Crippen molar-refractivity contribution in [2.75, 3.05) is 39.3 Å². The Bertz CT molecular complexity index is 579. The molecule has 9 heteroatoms. The number of furan rings is 1. The van der Waals surface area contributed by atoms with Crippen molar-refractivity contribution in [1.29, 1.82) is 0 Å². The van der Waals surface area contributed by atoms with Crippen LogP contribution in [0.4, 0.5) is 13.2 Å². The number of hydrogen-bond acceptors (Lipinski definition) is 4. The monoisotopic (exact) mass is 376 g/mol. The van der Waals surface area contributed by atoms with Crippen LogP contribution in [-0.4, -0.2) is 72.4 Å². The number of halogens is 3. The van der Waals surface area contributed by atoms with Crippen molar-refractivity contribution in [3.8, 4) is 0 Å². The predicted octanol–water partition coefficient (Wildman–Crippen LogP) is 2.02. The largest absolute Gasteiger partial charge is 0.466 e. The standard InChI is InChI=1S/C17H27F3N4O2/c1-4-21-15(22-12-16(3,25)14-6-5-11-26-14)24-9-7-23(8-10-24)13(2)17(18,19)20/h5-6,11,13,25H,4,7-10,12H2,1-3H3,(H,21,22). The molecule has 2 N–H and O–H groups in total. The summed E-state index contributed by atoms with van der Waals surface area (Å²) in [6.07, 6.45) is -2.73. The second kappa shape index (κ2) is 8.30. The summed E-state index contributed by atoms with van der Waals surface area (Å²) in [7, 11) is 0. The van der Waals surface area contributed by atoms with Gasteiger partial charge < -0.3 is 19.7 Å². The van der Waals surface area contributed by atoms with Gasteiger partial charge in [-0.05, 0) is 32.9 Å². The lowest BCUT2D eigenvalue weighted by molar-refractivity contribution is -0.181. The summed E-state index contributed by atoms with van der Waals surface area (Å²) in [4.78, 5) is 7.81. The second-order valence-electron chi connectivity index (χ2n) is 6.66. The first-order chi connectivity index (χ1) is 12.1. The number of nitrogens with one attached hydrogen (secondary N) is 1. The van der Waals surface area contributed by atoms with Gasteiger partial charge >= 0.3 is 6.18 Å². The molecule has 148 valence electrons. The van der Waals surface area contributed by atoms with Crippen molar-refractivity contribution in [1.82, 2.24) is 15.1 Å². The maximum absolute atomic E-state index is 12.9. The minimum atomic E-state index is -4.22. The Balaban J connectivity index is 2.00. The van der Waals surface area contributed by atoms with Crippen LogP contribution < -0.4 is 5.32 Å². The van der Waals surface area contributed by atoms with Crippen molar-refractivity contribution in [2.24, 2.45) is 4.99 Å². The number of rotatable bonds is 5. The van der Waals surface area contributed by atoms with E-state index in [1.807, 2.05) is 11.8 Å². The van der Waals surface area contributed by atoms with Gasteiger partial charge in [-0.3, -0.25) is 4.90 Å². The molecule has 0 saturated carbocycles. The van der Waals surface area contributed by atoms with Crippen LogP contribution in [0.1, 0.15) is 26.5 Å². The molecule has 0 aliphatic carbocycles. The van der Waals surface area contributed by atoms with E-state index in [9.17, 15) is 18.3 Å². The summed E-state index contributed by atoms with van der Waals surface area (Å²) < 4.78 is 43.8. The van der Waals surface area contributed by atoms with E-state index in [4.69, 9.17) is 4.42 Å². The molecule has 0 amide bonds. The first-order valence-electron chi connectivity index (χ1n) is 8.75. The third-order valence-corrected chi connectivity index (χ3v) is 4.56. The average Bonchev–Trinajstić information content (AvgIpc) is 3.13. The predicted molar refractivity (Wildman–Crippen MR) is 92.9 cm³/mol. The van der Waals surface area contributed by atoms with Crippen molar-refractivity contribution in [3.63, 3.8) is 0 Å². The molecular formula is C17H27F3N4O2. The highest BCUT2D eigenvalue weighted by atomic mass is 19.4. The number of aliphatic imine (C=N–C) groups is 1. The van der Waals surface area contributed by atoms with E-state index < -0.39 is 17.8 Å². The van der Waals surface area contributed by atoms with Crippen LogP contribution in [0, 0.1) is 0 Å². The molecule has 0 spiro atoms. The molecule has 1 aromatic heterocycles. The number of aliphatic hydroxyl groups is 1. The zero-order valence-electron chi connectivity index (χ0n) is 15.4. The van der Waals surface area contributed by atoms with Crippen LogP contribution >= 0.6 is 0 Å². The van der Waals surface area contributed by atoms with Gasteiger partial charge in [-0.15, -0.1) is 0 Å². The Morgan fingerprint density at radius 1 is 1.35 bits per heavy atom. The van der Waals surface area contributed by atoms with Crippen LogP contribution in [0.15, 0.2) is 27.8 Å². The van der Waals surface area contributed by atoms with Crippen molar-refractivity contribution in [3.05, 3.63) is 24.2 Å². The molecule has 1 aliphatic heterocycles. The fraction of sp³-hybridized carbons (Fsp3) is 0.706. The first kappa shape index (κ1) is 20.6. The fourth-order valence-electron chi connectivity index (χ4n) is 2.85. The van der Waals surface area contributed by atoms with E-state index in [1.165, 1.54) is 18.1 Å². The van der Waals surface area contributed by atoms with E-state index in [0.717, 1.165) is 0 Å². The van der Waals surface area contributed by atoms with Gasteiger partial charge in [0.25, 0.3) is 0 Å². The molecule has 0 bridgehead atoms. The topological polar surface area (TPSA) is 64.2 Å². The summed E-state index contributed by atoms with van der Waals surface area (Å²) in [5, 5.41) is 13.7. The van der Waals surface area contributed by atoms with Crippen LogP contribution in [0.2, 0.25) is 0 Å². The summed E-state index contributed by atoms with van der Waals surface area (Å²) in [6.45, 7) is 6.92. The molecule has 2 rings (SSSR count). The number of alkyl halides is 3. The highest BCUT2D eigenvalue weighted by Crippen LogP contribution is 2.25. The number of guanidine groups is 1. The van der Waals surface area contributed by atoms with E-state index in [2.05, 4.69) is 10.3 Å². The van der Waals surface area contributed by atoms with Crippen molar-refractivity contribution >= 4 is 5.96 Å². The number of piperazine rings is 1. The van der Waals surface area contributed by atoms with E-state index in [1.54, 1.807) is 19.1 Å². The number of nitrogens with zero attached hydrogens (tertiary/aromatic N) is 3. The van der Waals surface area contributed by atoms with Crippen LogP contribution in [-0.2, 0) is 5.60 Å². The van der Waals surface area contributed by atoms with Gasteiger partial charge in [0.15, 0.2) is 5.96 Å². The Hall–Kier alpha value is -1.74. The Morgan fingerprint density at radius 2 is 2.00 bits per heavy atom. The average molecular weight is 376 g/mol. The molecule has 2 unspecified atom stereocenters. The number of hydrogen-bond donors (Lipinski definition) is 2. The molecular weight excluding hydrogens is 349 g/mol. The van der Waals surface area contributed by atoms with Crippen molar-refractivity contribution < 1.29 is 22.7 Å². The van der Waals surface area contributed by atoms with Crippen LogP contribution in [0.25, 0.3) is 0 Å². The second-order valence-corrected chi connectivity index (χ2v) is 6.66. The van der Waals surface area contributed by atoms with E-state index in [0.29, 0.717) is 44.4 Å². The molecule has 2 atom stereocenters. The summed E-state index contributed by atoms with van der Waals surface area (Å²) in [5.74, 6) is 1.000. The van der Waals surface area contributed by atoms with Gasteiger partial charge in [-0.25, -0.2) is 4.99 Å². The minimum absolute atomic E-state index is 0.0853. The van der Waals surface area contributed by atoms with Crippen LogP contribution in [0.5, 0.6) is 0 Å². The molecule has 0 radical (unpaired) electrons. The zero-order chi connectivity index (χ0) is 19.4. The third-order valence-electron chi connectivity index (χ3n) is 4.56. The van der Waals surface area contributed by atoms with Gasteiger partial charge in [-0.2, -0.15) is 13.2 Å². The summed E-state index contributed by atoms with van der Waals surface area (Å²) in [6, 6.07) is 1.92. The molecule has 1 aromatic rings. The highest BCUT2D eigenvalue weighted by molar-refractivity contribution is 5.80. The van der Waals surface area contributed by atoms with Gasteiger partial charge in [0.1, 0.15) is 17.4 Å². The molecule has 1 saturated heterocycles. The molecule has 0 aromatic carbocycles. The zero-order valence-corrected chi connectivity index (χ0v) is 15.4. The Labute approximate surface area is 151 Å². The van der Waals surface area contributed by atoms with E-state index >= 15 is 0 Å². The normalized spacial score (nSPS) is 20.7. The van der Waals surface area contributed by atoms with Crippen LogP contribution in [0.3, 0.4) is 0 Å². The summed E-state index contributed by atoms with van der Waals surface area (Å²) in [5.41, 5.74) is -1.25. The molecule has 6 nitrogen and oxygen atoms in total. The van der Waals surface area contributed by atoms with E-state index in [-0.39, 0.29) is 6.54 Å². The molecule has 2 heterocycles. The first-order valence-corrected chi connectivity index (χ1v) is 8.75. The lowest BCUT2D eigenvalue weighted by Crippen LogP contribution is -2.56. The van der Waals surface area contributed by atoms with Gasteiger partial charge in [-0.1, -0.05) is 0 Å². The lowest BCUT2D eigenvalue weighted by atomic mass is 10.0. The maximum atomic E-state index is 12.9. The smallest absolute Gasteiger partial charge is 0.403 e. The van der Waals surface area contributed by atoms with Gasteiger partial charge in [0.2, 0.25) is 0 Å². The maximum Gasteiger partial charge on any atom is 0.403 e. The lowest BCUT2D eigenvalue weighted by Gasteiger charge is -2.39. The Morgan fingerprint density at radius 3 is 2.50 bits per heavy atom. The minimum Gasteiger partial charge on any atom is -0.466 e. The summed E-state index contributed by atoms with van der Waals surface area (Å²) >= 11 is 0. The highest BCUT2D eigenvalue weighted by Gasteiger charge is 2.41. The fourth-order valence-corrected chi connectivity index (χ4v) is 2.85. The molecule has 26 heavy (non-hydrogen) atoms. The molecule has 1 fully saturated rings. The third kappa shape index (κ3) is 5.14. The molecule has 1 aliphatic rings. The van der Waals surface area contributed by atoms with Gasteiger partial charge in [0, 0.05) is 32.7 Å². The quantitative estimate of drug-likeness (QED) is 0.608. The van der Waals surface area contributed by atoms with Crippen molar-refractivity contribution in [2.45, 2.75) is 38.6 Å². The van der Waals surface area contributed by atoms with Gasteiger partial charge in [0.05, 0.1) is 12.8 Å².